The van der Waals surface area contributed by atoms with Gasteiger partial charge in [-0.1, -0.05) is 36.7 Å². The van der Waals surface area contributed by atoms with Crippen LogP contribution in [0.1, 0.15) is 36.7 Å². The Labute approximate surface area is 111 Å². The molecule has 2 aromatic rings. The summed E-state index contributed by atoms with van der Waals surface area (Å²) < 4.78 is 5.64. The molecule has 96 valence electrons. The van der Waals surface area contributed by atoms with Gasteiger partial charge in [-0.05, 0) is 25.1 Å². The van der Waals surface area contributed by atoms with Crippen molar-refractivity contribution in [2.75, 3.05) is 7.05 Å². The largest absolute Gasteiger partial charge is 0.423 e. The molecule has 1 aromatic carbocycles. The van der Waals surface area contributed by atoms with Crippen molar-refractivity contribution >= 4 is 11.6 Å². The van der Waals surface area contributed by atoms with Gasteiger partial charge in [0, 0.05) is 5.02 Å². The van der Waals surface area contributed by atoms with Crippen LogP contribution in [0.3, 0.4) is 0 Å². The zero-order valence-corrected chi connectivity index (χ0v) is 11.2. The highest BCUT2D eigenvalue weighted by Gasteiger charge is 2.15. The summed E-state index contributed by atoms with van der Waals surface area (Å²) in [6.07, 6.45) is 1.47. The van der Waals surface area contributed by atoms with Gasteiger partial charge < -0.3 is 9.73 Å². The van der Waals surface area contributed by atoms with Crippen LogP contribution in [0.5, 0.6) is 0 Å². The smallest absolute Gasteiger partial charge is 0.233 e. The van der Waals surface area contributed by atoms with Gasteiger partial charge in [0.05, 0.1) is 12.5 Å². The second-order valence-electron chi connectivity index (χ2n) is 4.05. The van der Waals surface area contributed by atoms with Gasteiger partial charge in [-0.25, -0.2) is 0 Å². The Morgan fingerprint density at radius 2 is 2.11 bits per heavy atom. The normalized spacial score (nSPS) is 12.6. The number of nitrogens with one attached hydrogen (secondary N) is 1. The molecule has 0 spiro atoms. The van der Waals surface area contributed by atoms with E-state index in [1.807, 2.05) is 31.3 Å². The van der Waals surface area contributed by atoms with Crippen molar-refractivity contribution in [2.24, 2.45) is 0 Å². The van der Waals surface area contributed by atoms with Gasteiger partial charge in [0.15, 0.2) is 0 Å². The molecule has 0 radical (unpaired) electrons. The molecule has 0 saturated carbocycles. The lowest BCUT2D eigenvalue weighted by molar-refractivity contribution is 0.390. The summed E-state index contributed by atoms with van der Waals surface area (Å²) in [4.78, 5) is 0. The minimum absolute atomic E-state index is 0.109. The fourth-order valence-corrected chi connectivity index (χ4v) is 1.99. The lowest BCUT2D eigenvalue weighted by atomic mass is 10.1. The Morgan fingerprint density at radius 1 is 1.33 bits per heavy atom. The molecule has 0 aliphatic heterocycles. The molecule has 1 heterocycles. The second-order valence-corrected chi connectivity index (χ2v) is 4.46. The lowest BCUT2D eigenvalue weighted by Crippen LogP contribution is -2.15. The Kier molecular flexibility index (Phi) is 4.33. The van der Waals surface area contributed by atoms with Crippen molar-refractivity contribution < 1.29 is 4.42 Å². The molecule has 5 heteroatoms. The zero-order valence-electron chi connectivity index (χ0n) is 10.5. The van der Waals surface area contributed by atoms with E-state index in [-0.39, 0.29) is 6.04 Å². The van der Waals surface area contributed by atoms with Gasteiger partial charge in [-0.2, -0.15) is 0 Å². The minimum Gasteiger partial charge on any atom is -0.423 e. The van der Waals surface area contributed by atoms with Crippen LogP contribution in [0, 0.1) is 0 Å². The summed E-state index contributed by atoms with van der Waals surface area (Å²) in [5.41, 5.74) is 0.992. The number of nitrogens with zero attached hydrogens (tertiary/aromatic N) is 2. The van der Waals surface area contributed by atoms with E-state index in [2.05, 4.69) is 22.4 Å². The van der Waals surface area contributed by atoms with Crippen LogP contribution in [0.25, 0.3) is 0 Å². The van der Waals surface area contributed by atoms with E-state index < -0.39 is 0 Å². The third-order valence-corrected chi connectivity index (χ3v) is 3.21. The van der Waals surface area contributed by atoms with Crippen LogP contribution in [0.4, 0.5) is 0 Å². The molecule has 2 rings (SSSR count). The summed E-state index contributed by atoms with van der Waals surface area (Å²) in [6, 6.07) is 7.77. The van der Waals surface area contributed by atoms with Crippen LogP contribution in [-0.2, 0) is 6.42 Å². The quantitative estimate of drug-likeness (QED) is 0.903. The standard InChI is InChI=1S/C13H16ClN3O/c1-3-11(15-2)13-17-16-12(18-13)8-9-6-4-5-7-10(9)14/h4-7,11,15H,3,8H2,1-2H3. The van der Waals surface area contributed by atoms with Crippen LogP contribution in [0.2, 0.25) is 5.02 Å². The molecule has 1 unspecified atom stereocenters. The molecule has 0 aliphatic carbocycles. The monoisotopic (exact) mass is 265 g/mol. The molecule has 1 aromatic heterocycles. The Balaban J connectivity index is 2.14. The first kappa shape index (κ1) is 13.1. The van der Waals surface area contributed by atoms with E-state index in [9.17, 15) is 0 Å². The number of halogens is 1. The SMILES string of the molecule is CCC(NC)c1nnc(Cc2ccccc2Cl)o1. The minimum atomic E-state index is 0.109. The maximum atomic E-state index is 6.10. The number of benzene rings is 1. The van der Waals surface area contributed by atoms with Crippen molar-refractivity contribution in [1.29, 1.82) is 0 Å². The predicted octanol–water partition coefficient (Wildman–Crippen LogP) is 2.98. The van der Waals surface area contributed by atoms with Gasteiger partial charge >= 0.3 is 0 Å². The lowest BCUT2D eigenvalue weighted by Gasteiger charge is -2.07. The first-order valence-electron chi connectivity index (χ1n) is 5.97. The Hall–Kier alpha value is -1.39. The van der Waals surface area contributed by atoms with Crippen molar-refractivity contribution in [3.05, 3.63) is 46.6 Å². The van der Waals surface area contributed by atoms with E-state index >= 15 is 0 Å². The van der Waals surface area contributed by atoms with Gasteiger partial charge in [0.25, 0.3) is 0 Å². The van der Waals surface area contributed by atoms with Gasteiger partial charge in [-0.15, -0.1) is 10.2 Å². The van der Waals surface area contributed by atoms with Crippen molar-refractivity contribution in [3.63, 3.8) is 0 Å². The molecule has 1 atom stereocenters. The van der Waals surface area contributed by atoms with Crippen molar-refractivity contribution in [3.8, 4) is 0 Å². The highest BCUT2D eigenvalue weighted by atomic mass is 35.5. The maximum Gasteiger partial charge on any atom is 0.233 e. The average molecular weight is 266 g/mol. The third kappa shape index (κ3) is 2.89. The van der Waals surface area contributed by atoms with Crippen molar-refractivity contribution in [2.45, 2.75) is 25.8 Å². The summed E-state index contributed by atoms with van der Waals surface area (Å²) >= 11 is 6.10. The van der Waals surface area contributed by atoms with Gasteiger partial charge in [0.1, 0.15) is 0 Å². The molecule has 0 bridgehead atoms. The molecule has 0 amide bonds. The number of rotatable bonds is 5. The Morgan fingerprint density at radius 3 is 2.78 bits per heavy atom. The predicted molar refractivity (Wildman–Crippen MR) is 70.6 cm³/mol. The summed E-state index contributed by atoms with van der Waals surface area (Å²) in [6.45, 7) is 2.07. The molecule has 1 N–H and O–H groups in total. The summed E-state index contributed by atoms with van der Waals surface area (Å²) in [5, 5.41) is 12.0. The zero-order chi connectivity index (χ0) is 13.0. The van der Waals surface area contributed by atoms with E-state index in [1.54, 1.807) is 0 Å². The molecular weight excluding hydrogens is 250 g/mol. The molecule has 4 nitrogen and oxygen atoms in total. The summed E-state index contributed by atoms with van der Waals surface area (Å²) in [7, 11) is 1.88. The molecule has 18 heavy (non-hydrogen) atoms. The number of aromatic nitrogens is 2. The molecule has 0 saturated heterocycles. The average Bonchev–Trinajstić information content (AvgIpc) is 2.82. The topological polar surface area (TPSA) is 51.0 Å². The highest BCUT2D eigenvalue weighted by molar-refractivity contribution is 6.31. The van der Waals surface area contributed by atoms with E-state index in [0.717, 1.165) is 17.0 Å². The van der Waals surface area contributed by atoms with E-state index in [0.29, 0.717) is 18.2 Å². The summed E-state index contributed by atoms with van der Waals surface area (Å²) in [5.74, 6) is 1.22. The van der Waals surface area contributed by atoms with E-state index in [1.165, 1.54) is 0 Å². The molecule has 0 aliphatic rings. The van der Waals surface area contributed by atoms with Crippen LogP contribution < -0.4 is 5.32 Å². The fourth-order valence-electron chi connectivity index (χ4n) is 1.79. The second kappa shape index (κ2) is 5.98. The molecular formula is C13H16ClN3O. The first-order valence-corrected chi connectivity index (χ1v) is 6.35. The maximum absolute atomic E-state index is 6.10. The molecule has 0 fully saturated rings. The van der Waals surface area contributed by atoms with Crippen LogP contribution >= 0.6 is 11.6 Å². The fraction of sp³-hybridized carbons (Fsp3) is 0.385. The van der Waals surface area contributed by atoms with E-state index in [4.69, 9.17) is 16.0 Å². The highest BCUT2D eigenvalue weighted by Crippen LogP contribution is 2.20. The number of hydrogen-bond acceptors (Lipinski definition) is 4. The van der Waals surface area contributed by atoms with Gasteiger partial charge in [0.2, 0.25) is 11.8 Å². The third-order valence-electron chi connectivity index (χ3n) is 2.84. The van der Waals surface area contributed by atoms with Crippen LogP contribution in [-0.4, -0.2) is 17.2 Å². The number of hydrogen-bond donors (Lipinski definition) is 1. The van der Waals surface area contributed by atoms with Gasteiger partial charge in [-0.3, -0.25) is 0 Å². The van der Waals surface area contributed by atoms with Crippen molar-refractivity contribution in [1.82, 2.24) is 15.5 Å². The Bertz CT molecular complexity index is 508. The first-order chi connectivity index (χ1) is 8.74. The van der Waals surface area contributed by atoms with Crippen LogP contribution in [0.15, 0.2) is 28.7 Å².